The Balaban J connectivity index is 1.68. The van der Waals surface area contributed by atoms with Crippen LogP contribution in [-0.4, -0.2) is 43.4 Å². The van der Waals surface area contributed by atoms with Gasteiger partial charge in [-0.2, -0.15) is 0 Å². The average molecular weight is 471 g/mol. The van der Waals surface area contributed by atoms with Crippen LogP contribution in [0.25, 0.3) is 16.8 Å². The van der Waals surface area contributed by atoms with Crippen LogP contribution in [0.3, 0.4) is 0 Å². The molecule has 0 unspecified atom stereocenters. The van der Waals surface area contributed by atoms with Crippen LogP contribution >= 0.6 is 22.7 Å². The Kier molecular flexibility index (Phi) is 8.72. The van der Waals surface area contributed by atoms with Crippen molar-refractivity contribution in [3.05, 3.63) is 75.3 Å². The Morgan fingerprint density at radius 3 is 2.53 bits per heavy atom. The maximum Gasteiger partial charge on any atom is 0.333 e. The molecule has 0 amide bonds. The zero-order chi connectivity index (χ0) is 22.9. The molecule has 0 radical (unpaired) electrons. The van der Waals surface area contributed by atoms with Crippen LogP contribution in [0.2, 0.25) is 0 Å². The van der Waals surface area contributed by atoms with E-state index >= 15 is 0 Å². The molecule has 1 aromatic carbocycles. The number of esters is 1. The highest BCUT2D eigenvalue weighted by atomic mass is 32.1. The molecular weight excluding hydrogens is 444 g/mol. The SMILES string of the molecule is COC(=O)/C=C(/OC)[C@H](C)[C@@H](/C=C/c1csc(-c2csc(Cc3ccccc3)n2)n1)OC. The summed E-state index contributed by atoms with van der Waals surface area (Å²) in [5.74, 6) is -0.162. The zero-order valence-corrected chi connectivity index (χ0v) is 20.1. The Bertz CT molecular complexity index is 1070. The van der Waals surface area contributed by atoms with E-state index in [0.717, 1.165) is 27.8 Å². The molecule has 0 aliphatic rings. The second kappa shape index (κ2) is 11.7. The fraction of sp³-hybridized carbons (Fsp3) is 0.292. The van der Waals surface area contributed by atoms with Crippen molar-refractivity contribution in [2.24, 2.45) is 5.92 Å². The number of aromatic nitrogens is 2. The number of nitrogens with zero attached hydrogens (tertiary/aromatic N) is 2. The number of hydrogen-bond acceptors (Lipinski definition) is 8. The Hall–Kier alpha value is -2.81. The lowest BCUT2D eigenvalue weighted by Gasteiger charge is -2.21. The van der Waals surface area contributed by atoms with Crippen molar-refractivity contribution in [1.82, 2.24) is 9.97 Å². The van der Waals surface area contributed by atoms with E-state index in [-0.39, 0.29) is 12.0 Å². The highest BCUT2D eigenvalue weighted by Crippen LogP contribution is 2.27. The molecule has 0 fully saturated rings. The fourth-order valence-electron chi connectivity index (χ4n) is 3.10. The van der Waals surface area contributed by atoms with Crippen LogP contribution in [0, 0.1) is 5.92 Å². The summed E-state index contributed by atoms with van der Waals surface area (Å²) >= 11 is 3.20. The molecule has 2 heterocycles. The van der Waals surface area contributed by atoms with Crippen molar-refractivity contribution < 1.29 is 19.0 Å². The summed E-state index contributed by atoms with van der Waals surface area (Å²) in [5.41, 5.74) is 2.96. The summed E-state index contributed by atoms with van der Waals surface area (Å²) in [4.78, 5) is 21.0. The van der Waals surface area contributed by atoms with Crippen LogP contribution in [0.15, 0.2) is 59.0 Å². The van der Waals surface area contributed by atoms with E-state index in [1.165, 1.54) is 25.9 Å². The number of methoxy groups -OCH3 is 3. The van der Waals surface area contributed by atoms with Gasteiger partial charge in [-0.05, 0) is 11.6 Å². The molecule has 6 nitrogen and oxygen atoms in total. The van der Waals surface area contributed by atoms with Crippen molar-refractivity contribution in [2.45, 2.75) is 19.4 Å². The van der Waals surface area contributed by atoms with E-state index in [4.69, 9.17) is 19.4 Å². The quantitative estimate of drug-likeness (QED) is 0.230. The van der Waals surface area contributed by atoms with Gasteiger partial charge >= 0.3 is 5.97 Å². The molecule has 0 bridgehead atoms. The van der Waals surface area contributed by atoms with Crippen molar-refractivity contribution in [3.63, 3.8) is 0 Å². The van der Waals surface area contributed by atoms with Gasteiger partial charge in [-0.25, -0.2) is 14.8 Å². The number of hydrogen-bond donors (Lipinski definition) is 0. The molecule has 2 atom stereocenters. The predicted octanol–water partition coefficient (Wildman–Crippen LogP) is 5.23. The third-order valence-electron chi connectivity index (χ3n) is 4.86. The maximum atomic E-state index is 11.6. The van der Waals surface area contributed by atoms with E-state index in [1.807, 2.05) is 48.0 Å². The molecule has 0 saturated carbocycles. The molecule has 32 heavy (non-hydrogen) atoms. The van der Waals surface area contributed by atoms with Crippen LogP contribution in [0.4, 0.5) is 0 Å². The van der Waals surface area contributed by atoms with Gasteiger partial charge in [-0.1, -0.05) is 43.3 Å². The summed E-state index contributed by atoms with van der Waals surface area (Å²) in [6.07, 6.45) is 5.68. The van der Waals surface area contributed by atoms with Crippen molar-refractivity contribution in [1.29, 1.82) is 0 Å². The zero-order valence-electron chi connectivity index (χ0n) is 18.5. The van der Waals surface area contributed by atoms with Crippen molar-refractivity contribution in [2.75, 3.05) is 21.3 Å². The van der Waals surface area contributed by atoms with Crippen LogP contribution in [0.1, 0.15) is 23.2 Å². The van der Waals surface area contributed by atoms with E-state index in [9.17, 15) is 4.79 Å². The first kappa shape index (κ1) is 23.8. The lowest BCUT2D eigenvalue weighted by Crippen LogP contribution is -2.21. The highest BCUT2D eigenvalue weighted by Gasteiger charge is 2.20. The monoisotopic (exact) mass is 470 g/mol. The molecule has 168 valence electrons. The molecule has 0 aliphatic heterocycles. The molecule has 0 spiro atoms. The number of carbonyl (C=O) groups is 1. The van der Waals surface area contributed by atoms with E-state index in [0.29, 0.717) is 5.76 Å². The first-order chi connectivity index (χ1) is 15.5. The van der Waals surface area contributed by atoms with Gasteiger partial charge in [0.15, 0.2) is 0 Å². The molecule has 2 aromatic heterocycles. The normalized spacial score (nSPS) is 13.8. The summed E-state index contributed by atoms with van der Waals surface area (Å²) in [6.45, 7) is 1.92. The first-order valence-electron chi connectivity index (χ1n) is 10.0. The van der Waals surface area contributed by atoms with Gasteiger partial charge in [-0.15, -0.1) is 22.7 Å². The fourth-order valence-corrected chi connectivity index (χ4v) is 4.73. The number of carbonyl (C=O) groups excluding carboxylic acids is 1. The van der Waals surface area contributed by atoms with Gasteiger partial charge in [0, 0.05) is 30.2 Å². The minimum Gasteiger partial charge on any atom is -0.500 e. The number of rotatable bonds is 10. The van der Waals surface area contributed by atoms with Gasteiger partial charge < -0.3 is 14.2 Å². The molecule has 8 heteroatoms. The second-order valence-electron chi connectivity index (χ2n) is 6.99. The molecule has 0 aliphatic carbocycles. The average Bonchev–Trinajstić information content (AvgIpc) is 3.47. The Morgan fingerprint density at radius 2 is 1.84 bits per heavy atom. The van der Waals surface area contributed by atoms with Crippen molar-refractivity contribution >= 4 is 34.7 Å². The predicted molar refractivity (Wildman–Crippen MR) is 129 cm³/mol. The number of benzene rings is 1. The van der Waals surface area contributed by atoms with E-state index in [2.05, 4.69) is 16.9 Å². The van der Waals surface area contributed by atoms with Gasteiger partial charge in [0.05, 0.1) is 37.1 Å². The molecule has 3 aromatic rings. The van der Waals surface area contributed by atoms with Gasteiger partial charge in [-0.3, -0.25) is 0 Å². The van der Waals surface area contributed by atoms with Gasteiger partial charge in [0.2, 0.25) is 0 Å². The molecular formula is C24H26N2O4S2. The van der Waals surface area contributed by atoms with Crippen LogP contribution in [-0.2, 0) is 25.4 Å². The standard InChI is InChI=1S/C24H26N2O4S2/c1-16(21(29-3)13-23(27)30-4)20(28-2)11-10-18-14-32-24(25-18)19-15-31-22(26-19)12-17-8-6-5-7-9-17/h5-11,13-16,20H,12H2,1-4H3/b11-10+,21-13+/t16-,20-/m1/s1. The maximum absolute atomic E-state index is 11.6. The van der Waals surface area contributed by atoms with Gasteiger partial charge in [0.25, 0.3) is 0 Å². The second-order valence-corrected chi connectivity index (χ2v) is 8.79. The summed E-state index contributed by atoms with van der Waals surface area (Å²) in [5, 5.41) is 5.98. The Morgan fingerprint density at radius 1 is 1.06 bits per heavy atom. The van der Waals surface area contributed by atoms with Gasteiger partial charge in [0.1, 0.15) is 16.5 Å². The minimum atomic E-state index is -0.466. The number of thiazole rings is 2. The summed E-state index contributed by atoms with van der Waals surface area (Å²) < 4.78 is 15.6. The van der Waals surface area contributed by atoms with Crippen molar-refractivity contribution in [3.8, 4) is 10.7 Å². The lowest BCUT2D eigenvalue weighted by molar-refractivity contribution is -0.135. The highest BCUT2D eigenvalue weighted by molar-refractivity contribution is 7.14. The largest absolute Gasteiger partial charge is 0.500 e. The molecule has 0 N–H and O–H groups in total. The van der Waals surface area contributed by atoms with Crippen LogP contribution < -0.4 is 0 Å². The lowest BCUT2D eigenvalue weighted by atomic mass is 10.0. The smallest absolute Gasteiger partial charge is 0.333 e. The van der Waals surface area contributed by atoms with E-state index < -0.39 is 5.97 Å². The number of ether oxygens (including phenoxy) is 3. The molecule has 0 saturated heterocycles. The topological polar surface area (TPSA) is 70.5 Å². The first-order valence-corrected chi connectivity index (χ1v) is 11.8. The summed E-state index contributed by atoms with van der Waals surface area (Å²) in [7, 11) is 4.47. The van der Waals surface area contributed by atoms with Crippen LogP contribution in [0.5, 0.6) is 0 Å². The Labute approximate surface area is 196 Å². The summed E-state index contributed by atoms with van der Waals surface area (Å²) in [6, 6.07) is 10.3. The third-order valence-corrected chi connectivity index (χ3v) is 6.59. The minimum absolute atomic E-state index is 0.183. The molecule has 3 rings (SSSR count). The third kappa shape index (κ3) is 6.35. The van der Waals surface area contributed by atoms with E-state index in [1.54, 1.807) is 29.8 Å².